The van der Waals surface area contributed by atoms with Gasteiger partial charge in [0.15, 0.2) is 0 Å². The van der Waals surface area contributed by atoms with Crippen molar-refractivity contribution in [3.05, 3.63) is 17.6 Å². The van der Waals surface area contributed by atoms with Crippen LogP contribution in [0, 0.1) is 0 Å². The van der Waals surface area contributed by atoms with E-state index in [4.69, 9.17) is 10.3 Å². The minimum atomic E-state index is 0.271. The Morgan fingerprint density at radius 2 is 2.35 bits per heavy atom. The van der Waals surface area contributed by atoms with E-state index in [0.29, 0.717) is 11.7 Å². The lowest BCUT2D eigenvalue weighted by molar-refractivity contribution is 0.299. The second-order valence-corrected chi connectivity index (χ2v) is 5.33. The topological polar surface area (TPSA) is 77.8 Å². The van der Waals surface area contributed by atoms with Gasteiger partial charge in [0.25, 0.3) is 0 Å². The molecule has 0 aromatic carbocycles. The standard InChI is InChI=1S/C11H14N4OS/c12-8-3-1-2-7(4-8)11-14-10(15-16-11)9-5-13-6-17-9/h5-8H,1-4,12H2. The van der Waals surface area contributed by atoms with Gasteiger partial charge in [-0.05, 0) is 19.3 Å². The third kappa shape index (κ3) is 2.23. The van der Waals surface area contributed by atoms with Crippen LogP contribution in [0.1, 0.15) is 37.5 Å². The Morgan fingerprint density at radius 1 is 1.41 bits per heavy atom. The van der Waals surface area contributed by atoms with E-state index < -0.39 is 0 Å². The molecule has 0 aliphatic heterocycles. The first kappa shape index (κ1) is 10.9. The third-order valence-electron chi connectivity index (χ3n) is 3.16. The lowest BCUT2D eigenvalue weighted by Gasteiger charge is -2.23. The van der Waals surface area contributed by atoms with Crippen LogP contribution >= 0.6 is 11.3 Å². The molecule has 2 heterocycles. The predicted octanol–water partition coefficient (Wildman–Crippen LogP) is 2.18. The Bertz CT molecular complexity index is 481. The summed E-state index contributed by atoms with van der Waals surface area (Å²) < 4.78 is 5.34. The van der Waals surface area contributed by atoms with Gasteiger partial charge in [-0.25, -0.2) is 0 Å². The van der Waals surface area contributed by atoms with Crippen molar-refractivity contribution < 1.29 is 4.52 Å². The highest BCUT2D eigenvalue weighted by Crippen LogP contribution is 2.32. The molecule has 1 aliphatic rings. The fraction of sp³-hybridized carbons (Fsp3) is 0.545. The molecular formula is C11H14N4OS. The van der Waals surface area contributed by atoms with Crippen LogP contribution in [0.25, 0.3) is 10.7 Å². The highest BCUT2D eigenvalue weighted by molar-refractivity contribution is 7.13. The van der Waals surface area contributed by atoms with Crippen molar-refractivity contribution in [1.29, 1.82) is 0 Å². The van der Waals surface area contributed by atoms with Gasteiger partial charge in [0.1, 0.15) is 0 Å². The van der Waals surface area contributed by atoms with Crippen LogP contribution in [0.15, 0.2) is 16.2 Å². The zero-order chi connectivity index (χ0) is 11.7. The first-order valence-corrected chi connectivity index (χ1v) is 6.69. The van der Waals surface area contributed by atoms with Crippen molar-refractivity contribution in [2.45, 2.75) is 37.6 Å². The van der Waals surface area contributed by atoms with E-state index in [1.807, 2.05) is 0 Å². The first-order valence-electron chi connectivity index (χ1n) is 5.81. The molecule has 2 aromatic heterocycles. The highest BCUT2D eigenvalue weighted by atomic mass is 32.1. The summed E-state index contributed by atoms with van der Waals surface area (Å²) in [5.74, 6) is 1.69. The van der Waals surface area contributed by atoms with E-state index in [1.54, 1.807) is 11.7 Å². The smallest absolute Gasteiger partial charge is 0.230 e. The maximum absolute atomic E-state index is 5.97. The summed E-state index contributed by atoms with van der Waals surface area (Å²) in [5, 5.41) is 4.00. The minimum absolute atomic E-state index is 0.271. The second-order valence-electron chi connectivity index (χ2n) is 4.45. The van der Waals surface area contributed by atoms with Gasteiger partial charge in [-0.2, -0.15) is 4.98 Å². The Morgan fingerprint density at radius 3 is 3.12 bits per heavy atom. The van der Waals surface area contributed by atoms with Gasteiger partial charge in [-0.3, -0.25) is 4.98 Å². The molecule has 2 unspecified atom stereocenters. The van der Waals surface area contributed by atoms with Crippen molar-refractivity contribution >= 4 is 11.3 Å². The molecule has 17 heavy (non-hydrogen) atoms. The number of hydrogen-bond acceptors (Lipinski definition) is 6. The zero-order valence-corrected chi connectivity index (χ0v) is 10.2. The van der Waals surface area contributed by atoms with E-state index in [-0.39, 0.29) is 6.04 Å². The zero-order valence-electron chi connectivity index (χ0n) is 9.37. The maximum Gasteiger partial charge on any atom is 0.230 e. The fourth-order valence-electron chi connectivity index (χ4n) is 2.28. The summed E-state index contributed by atoms with van der Waals surface area (Å²) in [4.78, 5) is 9.40. The van der Waals surface area contributed by atoms with Gasteiger partial charge in [-0.15, -0.1) is 11.3 Å². The lowest BCUT2D eigenvalue weighted by atomic mass is 9.86. The molecule has 0 saturated heterocycles. The van der Waals surface area contributed by atoms with Crippen LogP contribution < -0.4 is 5.73 Å². The average Bonchev–Trinajstić information content (AvgIpc) is 3.00. The molecule has 0 amide bonds. The second kappa shape index (κ2) is 4.54. The molecule has 2 aromatic rings. The number of thiazole rings is 1. The summed E-state index contributed by atoms with van der Waals surface area (Å²) >= 11 is 1.52. The molecule has 0 spiro atoms. The van der Waals surface area contributed by atoms with Crippen molar-refractivity contribution in [3.63, 3.8) is 0 Å². The molecule has 1 fully saturated rings. The predicted molar refractivity (Wildman–Crippen MR) is 64.6 cm³/mol. The quantitative estimate of drug-likeness (QED) is 0.883. The molecule has 3 rings (SSSR count). The van der Waals surface area contributed by atoms with E-state index in [1.165, 1.54) is 11.3 Å². The van der Waals surface area contributed by atoms with Crippen molar-refractivity contribution in [3.8, 4) is 10.7 Å². The molecule has 2 atom stereocenters. The lowest BCUT2D eigenvalue weighted by Crippen LogP contribution is -2.26. The Hall–Kier alpha value is -1.27. The average molecular weight is 250 g/mol. The molecule has 0 bridgehead atoms. The summed E-state index contributed by atoms with van der Waals surface area (Å²) in [6, 6.07) is 0.271. The molecule has 2 N–H and O–H groups in total. The number of nitrogens with two attached hydrogens (primary N) is 1. The van der Waals surface area contributed by atoms with Crippen molar-refractivity contribution in [1.82, 2.24) is 15.1 Å². The van der Waals surface area contributed by atoms with E-state index in [0.717, 1.165) is 36.5 Å². The van der Waals surface area contributed by atoms with Crippen molar-refractivity contribution in [2.24, 2.45) is 5.73 Å². The van der Waals surface area contributed by atoms with Crippen LogP contribution in [0.4, 0.5) is 0 Å². The molecule has 5 nitrogen and oxygen atoms in total. The van der Waals surface area contributed by atoms with Crippen LogP contribution in [0.2, 0.25) is 0 Å². The molecule has 1 aliphatic carbocycles. The van der Waals surface area contributed by atoms with Gasteiger partial charge in [-0.1, -0.05) is 11.6 Å². The van der Waals surface area contributed by atoms with Crippen molar-refractivity contribution in [2.75, 3.05) is 0 Å². The van der Waals surface area contributed by atoms with Gasteiger partial charge >= 0.3 is 0 Å². The molecule has 90 valence electrons. The largest absolute Gasteiger partial charge is 0.339 e. The van der Waals surface area contributed by atoms with Crippen LogP contribution in [0.3, 0.4) is 0 Å². The molecule has 1 saturated carbocycles. The van der Waals surface area contributed by atoms with E-state index >= 15 is 0 Å². The number of nitrogens with zero attached hydrogens (tertiary/aromatic N) is 3. The van der Waals surface area contributed by atoms with E-state index in [9.17, 15) is 0 Å². The number of hydrogen-bond donors (Lipinski definition) is 1. The summed E-state index contributed by atoms with van der Waals surface area (Å²) in [6.07, 6.45) is 6.05. The van der Waals surface area contributed by atoms with Gasteiger partial charge in [0.2, 0.25) is 11.7 Å². The van der Waals surface area contributed by atoms with Crippen LogP contribution in [0.5, 0.6) is 0 Å². The van der Waals surface area contributed by atoms with Gasteiger partial charge in [0.05, 0.1) is 10.4 Å². The molecule has 6 heteroatoms. The first-order chi connectivity index (χ1) is 8.33. The van der Waals surface area contributed by atoms with Gasteiger partial charge in [0, 0.05) is 18.2 Å². The summed E-state index contributed by atoms with van der Waals surface area (Å²) in [5.41, 5.74) is 7.73. The Balaban J connectivity index is 1.80. The molecule has 0 radical (unpaired) electrons. The summed E-state index contributed by atoms with van der Waals surface area (Å²) in [7, 11) is 0. The van der Waals surface area contributed by atoms with Gasteiger partial charge < -0.3 is 10.3 Å². The Kier molecular flexibility index (Phi) is 2.90. The minimum Gasteiger partial charge on any atom is -0.339 e. The van der Waals surface area contributed by atoms with Crippen LogP contribution in [-0.4, -0.2) is 21.2 Å². The maximum atomic E-state index is 5.97. The van der Waals surface area contributed by atoms with Crippen LogP contribution in [-0.2, 0) is 0 Å². The highest BCUT2D eigenvalue weighted by Gasteiger charge is 2.25. The normalized spacial score (nSPS) is 25.0. The number of rotatable bonds is 2. The SMILES string of the molecule is NC1CCCC(c2nc(-c3cncs3)no2)C1. The van der Waals surface area contributed by atoms with E-state index in [2.05, 4.69) is 15.1 Å². The monoisotopic (exact) mass is 250 g/mol. The Labute approximate surface area is 103 Å². The fourth-order valence-corrected chi connectivity index (χ4v) is 2.82. The molecular weight excluding hydrogens is 236 g/mol. The number of aromatic nitrogens is 3. The third-order valence-corrected chi connectivity index (χ3v) is 3.93. The summed E-state index contributed by atoms with van der Waals surface area (Å²) in [6.45, 7) is 0.